The highest BCUT2D eigenvalue weighted by atomic mass is 16.7. The van der Waals surface area contributed by atoms with Gasteiger partial charge in [0.05, 0.1) is 13.2 Å². The predicted molar refractivity (Wildman–Crippen MR) is 68.6 cm³/mol. The minimum absolute atomic E-state index is 0.468. The molecule has 0 amide bonds. The highest BCUT2D eigenvalue weighted by molar-refractivity contribution is 4.91. The zero-order valence-electron chi connectivity index (χ0n) is 12.0. The zero-order valence-corrected chi connectivity index (χ0v) is 12.0. The molecule has 136 valence electrons. The first-order valence-electron chi connectivity index (χ1n) is 7.07. The van der Waals surface area contributed by atoms with E-state index < -0.39 is 74.6 Å². The van der Waals surface area contributed by atoms with E-state index in [0.29, 0.717) is 0 Å². The molecule has 2 fully saturated rings. The Morgan fingerprint density at radius 1 is 0.652 bits per heavy atom. The lowest BCUT2D eigenvalue weighted by Gasteiger charge is -2.41. The number of ether oxygens (including phenoxy) is 3. The number of rotatable bonds is 4. The van der Waals surface area contributed by atoms with Gasteiger partial charge in [0.2, 0.25) is 0 Å². The molecule has 2 saturated heterocycles. The Morgan fingerprint density at radius 2 is 1.22 bits per heavy atom. The fourth-order valence-corrected chi connectivity index (χ4v) is 2.46. The summed E-state index contributed by atoms with van der Waals surface area (Å²) in [6.45, 7) is -1.10. The van der Waals surface area contributed by atoms with E-state index in [1.54, 1.807) is 0 Å². The maximum absolute atomic E-state index is 9.78. The number of hydrogen-bond donors (Lipinski definition) is 8. The van der Waals surface area contributed by atoms with E-state index in [9.17, 15) is 35.7 Å². The molecule has 10 atom stereocenters. The molecule has 0 saturated carbocycles. The van der Waals surface area contributed by atoms with Gasteiger partial charge in [-0.25, -0.2) is 0 Å². The Kier molecular flexibility index (Phi) is 6.27. The van der Waals surface area contributed by atoms with Crippen molar-refractivity contribution in [1.29, 1.82) is 0 Å². The Morgan fingerprint density at radius 3 is 1.83 bits per heavy atom. The summed E-state index contributed by atoms with van der Waals surface area (Å²) < 4.78 is 15.1. The topological polar surface area (TPSA) is 190 Å². The second kappa shape index (κ2) is 7.63. The van der Waals surface area contributed by atoms with Crippen LogP contribution < -0.4 is 0 Å². The van der Waals surface area contributed by atoms with Gasteiger partial charge in [-0.3, -0.25) is 0 Å². The van der Waals surface area contributed by atoms with Crippen LogP contribution in [0.25, 0.3) is 0 Å². The Hall–Kier alpha value is -0.440. The summed E-state index contributed by atoms with van der Waals surface area (Å²) in [5.41, 5.74) is 0. The van der Waals surface area contributed by atoms with Crippen molar-refractivity contribution in [2.24, 2.45) is 0 Å². The molecule has 2 rings (SSSR count). The summed E-state index contributed by atoms with van der Waals surface area (Å²) >= 11 is 0. The van der Waals surface area contributed by atoms with E-state index in [1.165, 1.54) is 0 Å². The number of aliphatic hydroxyl groups excluding tert-OH is 8. The van der Waals surface area contributed by atoms with Crippen LogP contribution in [0.1, 0.15) is 0 Å². The molecule has 23 heavy (non-hydrogen) atoms. The van der Waals surface area contributed by atoms with E-state index in [4.69, 9.17) is 19.3 Å². The van der Waals surface area contributed by atoms with Crippen molar-refractivity contribution < 1.29 is 55.1 Å². The van der Waals surface area contributed by atoms with Crippen molar-refractivity contribution in [3.05, 3.63) is 0 Å². The monoisotopic (exact) mass is 342 g/mol. The summed E-state index contributed by atoms with van der Waals surface area (Å²) in [7, 11) is 0. The summed E-state index contributed by atoms with van der Waals surface area (Å²) in [4.78, 5) is 0. The SMILES string of the molecule is OC[C@H]1O[C@@H](OC[C@H]2O[C@@H](O)[C@H](O)[C@H](O)[C@H]2O)[C@H](O)[C@H](O)[C@@H]1O. The van der Waals surface area contributed by atoms with Crippen LogP contribution in [0.3, 0.4) is 0 Å². The normalized spacial score (nSPS) is 51.7. The number of hydrogen-bond acceptors (Lipinski definition) is 11. The molecule has 0 aromatic rings. The highest BCUT2D eigenvalue weighted by Gasteiger charge is 2.46. The molecule has 2 heterocycles. The van der Waals surface area contributed by atoms with Crippen LogP contribution >= 0.6 is 0 Å². The molecule has 0 aromatic carbocycles. The second-order valence-electron chi connectivity index (χ2n) is 5.57. The molecule has 0 unspecified atom stereocenters. The average Bonchev–Trinajstić information content (AvgIpc) is 2.54. The van der Waals surface area contributed by atoms with Crippen molar-refractivity contribution in [1.82, 2.24) is 0 Å². The van der Waals surface area contributed by atoms with Gasteiger partial charge in [-0.15, -0.1) is 0 Å². The quantitative estimate of drug-likeness (QED) is 0.243. The van der Waals surface area contributed by atoms with Gasteiger partial charge in [0.1, 0.15) is 48.8 Å². The number of aliphatic hydroxyl groups is 8. The van der Waals surface area contributed by atoms with Gasteiger partial charge in [-0.1, -0.05) is 0 Å². The van der Waals surface area contributed by atoms with Gasteiger partial charge >= 0.3 is 0 Å². The first-order chi connectivity index (χ1) is 10.8. The smallest absolute Gasteiger partial charge is 0.186 e. The molecule has 8 N–H and O–H groups in total. The molecule has 0 spiro atoms. The molecule has 11 heteroatoms. The van der Waals surface area contributed by atoms with E-state index in [0.717, 1.165) is 0 Å². The van der Waals surface area contributed by atoms with Crippen molar-refractivity contribution in [2.75, 3.05) is 13.2 Å². The van der Waals surface area contributed by atoms with Gasteiger partial charge in [0.15, 0.2) is 12.6 Å². The third-order valence-electron chi connectivity index (χ3n) is 3.96. The lowest BCUT2D eigenvalue weighted by Crippen LogP contribution is -2.61. The van der Waals surface area contributed by atoms with Gasteiger partial charge < -0.3 is 55.1 Å². The van der Waals surface area contributed by atoms with Crippen LogP contribution in [-0.2, 0) is 14.2 Å². The van der Waals surface area contributed by atoms with E-state index >= 15 is 0 Å². The summed E-state index contributed by atoms with van der Waals surface area (Å²) in [5.74, 6) is 0. The van der Waals surface area contributed by atoms with Gasteiger partial charge in [-0.2, -0.15) is 0 Å². The van der Waals surface area contributed by atoms with E-state index in [1.807, 2.05) is 0 Å². The molecule has 11 nitrogen and oxygen atoms in total. The second-order valence-corrected chi connectivity index (χ2v) is 5.57. The minimum Gasteiger partial charge on any atom is -0.394 e. The molecule has 0 aliphatic carbocycles. The lowest BCUT2D eigenvalue weighted by molar-refractivity contribution is -0.325. The predicted octanol–water partition coefficient (Wildman–Crippen LogP) is -5.40. The highest BCUT2D eigenvalue weighted by Crippen LogP contribution is 2.24. The minimum atomic E-state index is -1.74. The molecule has 2 aliphatic heterocycles. The van der Waals surface area contributed by atoms with Crippen molar-refractivity contribution in [2.45, 2.75) is 61.4 Å². The largest absolute Gasteiger partial charge is 0.394 e. The Labute approximate surface area is 130 Å². The maximum Gasteiger partial charge on any atom is 0.186 e. The van der Waals surface area contributed by atoms with Crippen molar-refractivity contribution in [3.8, 4) is 0 Å². The molecule has 0 radical (unpaired) electrons. The van der Waals surface area contributed by atoms with Crippen LogP contribution in [0.2, 0.25) is 0 Å². The van der Waals surface area contributed by atoms with Crippen LogP contribution in [0.15, 0.2) is 0 Å². The van der Waals surface area contributed by atoms with Crippen LogP contribution in [-0.4, -0.2) is 115 Å². The molecular weight excluding hydrogens is 320 g/mol. The Bertz CT molecular complexity index is 380. The first-order valence-corrected chi connectivity index (χ1v) is 7.07. The zero-order chi connectivity index (χ0) is 17.3. The molecule has 0 bridgehead atoms. The lowest BCUT2D eigenvalue weighted by atomic mass is 9.98. The average molecular weight is 342 g/mol. The summed E-state index contributed by atoms with van der Waals surface area (Å²) in [6.07, 6.45) is -15.3. The molecular formula is C12H22O11. The summed E-state index contributed by atoms with van der Waals surface area (Å²) in [6, 6.07) is 0. The van der Waals surface area contributed by atoms with Crippen molar-refractivity contribution in [3.63, 3.8) is 0 Å². The van der Waals surface area contributed by atoms with Gasteiger partial charge in [0.25, 0.3) is 0 Å². The van der Waals surface area contributed by atoms with Crippen molar-refractivity contribution >= 4 is 0 Å². The first kappa shape index (κ1) is 18.9. The van der Waals surface area contributed by atoms with E-state index in [2.05, 4.69) is 0 Å². The fraction of sp³-hybridized carbons (Fsp3) is 1.00. The fourth-order valence-electron chi connectivity index (χ4n) is 2.46. The Balaban J connectivity index is 1.94. The van der Waals surface area contributed by atoms with Crippen LogP contribution in [0, 0.1) is 0 Å². The van der Waals surface area contributed by atoms with Crippen LogP contribution in [0.4, 0.5) is 0 Å². The molecule has 2 aliphatic rings. The van der Waals surface area contributed by atoms with Crippen LogP contribution in [0.5, 0.6) is 0 Å². The maximum atomic E-state index is 9.78. The standard InChI is InChI=1S/C12H22O11/c13-1-3-5(14)8(17)10(19)12(23-3)21-2-4-6(15)7(16)9(18)11(20)22-4/h3-20H,1-2H2/t3-,4-,5-,6+,7-,8-,9-,10-,11-,12-/m1/s1. The van der Waals surface area contributed by atoms with Gasteiger partial charge in [0, 0.05) is 0 Å². The van der Waals surface area contributed by atoms with Gasteiger partial charge in [-0.05, 0) is 0 Å². The summed E-state index contributed by atoms with van der Waals surface area (Å²) in [5, 5.41) is 76.1. The third kappa shape index (κ3) is 3.81. The van der Waals surface area contributed by atoms with E-state index in [-0.39, 0.29) is 0 Å². The third-order valence-corrected chi connectivity index (χ3v) is 3.96. The molecule has 0 aromatic heterocycles.